The molecule has 2 aliphatic rings. The number of hydrogen-bond acceptors (Lipinski definition) is 3. The number of sulfonamides is 1. The smallest absolute Gasteiger partial charge is 0.243 e. The topological polar surface area (TPSA) is 66.5 Å². The lowest BCUT2D eigenvalue weighted by Gasteiger charge is -2.21. The lowest BCUT2D eigenvalue weighted by Crippen LogP contribution is -2.32. The van der Waals surface area contributed by atoms with Crippen molar-refractivity contribution in [3.8, 4) is 0 Å². The molecule has 0 radical (unpaired) electrons. The molecule has 2 aromatic carbocycles. The summed E-state index contributed by atoms with van der Waals surface area (Å²) in [4.78, 5) is 13.2. The predicted octanol–water partition coefficient (Wildman–Crippen LogP) is 3.92. The van der Waals surface area contributed by atoms with E-state index < -0.39 is 15.4 Å². The average molecular weight is 399 g/mol. The number of rotatable bonds is 5. The Kier molecular flexibility index (Phi) is 5.25. The molecule has 1 saturated heterocycles. The van der Waals surface area contributed by atoms with Gasteiger partial charge in [0.15, 0.2) is 0 Å². The first kappa shape index (κ1) is 19.2. The molecule has 1 N–H and O–H groups in total. The third-order valence-corrected chi connectivity index (χ3v) is 7.70. The molecule has 5 nitrogen and oxygen atoms in total. The molecule has 2 aromatic rings. The van der Waals surface area contributed by atoms with Crippen LogP contribution in [0.25, 0.3) is 0 Å². The second-order valence-electron chi connectivity index (χ2n) is 7.75. The number of carbonyl (C=O) groups is 1. The molecule has 148 valence electrons. The summed E-state index contributed by atoms with van der Waals surface area (Å²) in [6, 6.07) is 16.4. The Labute approximate surface area is 166 Å². The van der Waals surface area contributed by atoms with Crippen molar-refractivity contribution < 1.29 is 13.2 Å². The van der Waals surface area contributed by atoms with E-state index in [1.54, 1.807) is 28.6 Å². The zero-order valence-corrected chi connectivity index (χ0v) is 16.7. The van der Waals surface area contributed by atoms with Gasteiger partial charge in [0, 0.05) is 18.8 Å². The maximum absolute atomic E-state index is 13.0. The summed E-state index contributed by atoms with van der Waals surface area (Å²) in [6.07, 6.45) is 5.57. The summed E-state index contributed by atoms with van der Waals surface area (Å²) < 4.78 is 27.6. The molecule has 1 aliphatic heterocycles. The van der Waals surface area contributed by atoms with E-state index in [1.165, 1.54) is 0 Å². The fraction of sp³-hybridized carbons (Fsp3) is 0.409. The van der Waals surface area contributed by atoms with E-state index in [-0.39, 0.29) is 10.8 Å². The van der Waals surface area contributed by atoms with Crippen LogP contribution >= 0.6 is 0 Å². The number of carbonyl (C=O) groups excluding carboxylic acids is 1. The van der Waals surface area contributed by atoms with E-state index in [2.05, 4.69) is 5.32 Å². The summed E-state index contributed by atoms with van der Waals surface area (Å²) in [7, 11) is -3.53. The molecule has 0 unspecified atom stereocenters. The maximum atomic E-state index is 13.0. The number of anilines is 1. The molecule has 0 bridgehead atoms. The molecule has 0 aromatic heterocycles. The van der Waals surface area contributed by atoms with Gasteiger partial charge in [0.05, 0.1) is 10.3 Å². The van der Waals surface area contributed by atoms with Crippen molar-refractivity contribution in [2.24, 2.45) is 0 Å². The van der Waals surface area contributed by atoms with Crippen LogP contribution in [0.15, 0.2) is 59.5 Å². The fourth-order valence-electron chi connectivity index (χ4n) is 3.95. The number of amides is 1. The summed E-state index contributed by atoms with van der Waals surface area (Å²) in [5.74, 6) is -0.0666. The number of hydrogen-bond donors (Lipinski definition) is 1. The minimum atomic E-state index is -3.53. The van der Waals surface area contributed by atoms with Crippen molar-refractivity contribution in [2.75, 3.05) is 18.4 Å². The van der Waals surface area contributed by atoms with E-state index in [9.17, 15) is 13.2 Å². The first-order valence-electron chi connectivity index (χ1n) is 10.00. The van der Waals surface area contributed by atoms with E-state index in [4.69, 9.17) is 0 Å². The van der Waals surface area contributed by atoms with E-state index in [0.29, 0.717) is 18.8 Å². The predicted molar refractivity (Wildman–Crippen MR) is 110 cm³/mol. The van der Waals surface area contributed by atoms with Crippen molar-refractivity contribution in [3.63, 3.8) is 0 Å². The Bertz CT molecular complexity index is 945. The zero-order valence-electron chi connectivity index (χ0n) is 15.9. The van der Waals surface area contributed by atoms with Gasteiger partial charge in [-0.05, 0) is 49.4 Å². The van der Waals surface area contributed by atoms with Gasteiger partial charge in [0.1, 0.15) is 0 Å². The van der Waals surface area contributed by atoms with Crippen LogP contribution in [-0.2, 0) is 20.2 Å². The Morgan fingerprint density at radius 3 is 2.21 bits per heavy atom. The lowest BCUT2D eigenvalue weighted by molar-refractivity contribution is -0.118. The molecule has 1 aliphatic carbocycles. The van der Waals surface area contributed by atoms with Crippen LogP contribution in [0.3, 0.4) is 0 Å². The minimum Gasteiger partial charge on any atom is -0.325 e. The quantitative estimate of drug-likeness (QED) is 0.830. The lowest BCUT2D eigenvalue weighted by atomic mass is 9.95. The molecule has 1 amide bonds. The highest BCUT2D eigenvalue weighted by molar-refractivity contribution is 7.89. The van der Waals surface area contributed by atoms with E-state index in [1.807, 2.05) is 30.3 Å². The summed E-state index contributed by atoms with van der Waals surface area (Å²) in [5, 5.41) is 2.95. The molecule has 0 spiro atoms. The van der Waals surface area contributed by atoms with Gasteiger partial charge in [-0.25, -0.2) is 8.42 Å². The Hall–Kier alpha value is -2.18. The van der Waals surface area contributed by atoms with Gasteiger partial charge >= 0.3 is 0 Å². The first-order chi connectivity index (χ1) is 13.5. The Morgan fingerprint density at radius 1 is 0.893 bits per heavy atom. The van der Waals surface area contributed by atoms with Crippen LogP contribution in [0.2, 0.25) is 0 Å². The number of nitrogens with zero attached hydrogens (tertiary/aromatic N) is 1. The molecular weight excluding hydrogens is 372 g/mol. The first-order valence-corrected chi connectivity index (χ1v) is 11.4. The highest BCUT2D eigenvalue weighted by Crippen LogP contribution is 2.49. The molecule has 0 atom stereocenters. The summed E-state index contributed by atoms with van der Waals surface area (Å²) in [5.41, 5.74) is 1.06. The highest BCUT2D eigenvalue weighted by atomic mass is 32.2. The van der Waals surface area contributed by atoms with Gasteiger partial charge < -0.3 is 5.32 Å². The van der Waals surface area contributed by atoms with Crippen LogP contribution in [0.1, 0.15) is 44.1 Å². The largest absolute Gasteiger partial charge is 0.325 e. The summed E-state index contributed by atoms with van der Waals surface area (Å²) >= 11 is 0. The van der Waals surface area contributed by atoms with Crippen molar-refractivity contribution in [1.82, 2.24) is 4.31 Å². The van der Waals surface area contributed by atoms with E-state index >= 15 is 0 Å². The highest BCUT2D eigenvalue weighted by Gasteiger charge is 2.51. The standard InChI is InChI=1S/C22H26N2O3S/c25-21(22(13-14-22)18-9-4-3-5-10-18)23-19-11-8-12-20(17-19)28(26,27)24-15-6-1-2-7-16-24/h3-5,8-12,17H,1-2,6-7,13-16H2,(H,23,25). The van der Waals surface area contributed by atoms with Crippen molar-refractivity contribution >= 4 is 21.6 Å². The van der Waals surface area contributed by atoms with Gasteiger partial charge in [-0.15, -0.1) is 0 Å². The van der Waals surface area contributed by atoms with Crippen molar-refractivity contribution in [2.45, 2.75) is 48.8 Å². The molecule has 28 heavy (non-hydrogen) atoms. The normalized spacial score (nSPS) is 19.6. The van der Waals surface area contributed by atoms with Gasteiger partial charge in [-0.1, -0.05) is 49.2 Å². The monoisotopic (exact) mass is 398 g/mol. The average Bonchev–Trinajstić information content (AvgIpc) is 3.54. The van der Waals surface area contributed by atoms with Crippen LogP contribution in [0.5, 0.6) is 0 Å². The molecule has 1 heterocycles. The Balaban J connectivity index is 1.53. The number of nitrogens with one attached hydrogen (secondary N) is 1. The van der Waals surface area contributed by atoms with Crippen LogP contribution in [0, 0.1) is 0 Å². The second kappa shape index (κ2) is 7.68. The molecular formula is C22H26N2O3S. The molecule has 1 saturated carbocycles. The molecule has 4 rings (SSSR count). The van der Waals surface area contributed by atoms with Gasteiger partial charge in [0.25, 0.3) is 0 Å². The van der Waals surface area contributed by atoms with Crippen LogP contribution in [0.4, 0.5) is 5.69 Å². The maximum Gasteiger partial charge on any atom is 0.243 e. The second-order valence-corrected chi connectivity index (χ2v) is 9.69. The summed E-state index contributed by atoms with van der Waals surface area (Å²) in [6.45, 7) is 1.13. The molecule has 2 fully saturated rings. The Morgan fingerprint density at radius 2 is 1.57 bits per heavy atom. The number of benzene rings is 2. The minimum absolute atomic E-state index is 0.0666. The van der Waals surface area contributed by atoms with Gasteiger partial charge in [-0.3, -0.25) is 4.79 Å². The third kappa shape index (κ3) is 3.71. The third-order valence-electron chi connectivity index (χ3n) is 5.81. The van der Waals surface area contributed by atoms with Crippen molar-refractivity contribution in [1.29, 1.82) is 0 Å². The van der Waals surface area contributed by atoms with Crippen molar-refractivity contribution in [3.05, 3.63) is 60.2 Å². The fourth-order valence-corrected chi connectivity index (χ4v) is 5.51. The van der Waals surface area contributed by atoms with Gasteiger partial charge in [0.2, 0.25) is 15.9 Å². The van der Waals surface area contributed by atoms with Gasteiger partial charge in [-0.2, -0.15) is 4.31 Å². The van der Waals surface area contributed by atoms with E-state index in [0.717, 1.165) is 44.1 Å². The molecule has 6 heteroatoms. The SMILES string of the molecule is O=C(Nc1cccc(S(=O)(=O)N2CCCCCC2)c1)C1(c2ccccc2)CC1. The zero-order chi connectivity index (χ0) is 19.6. The van der Waals surface area contributed by atoms with Crippen LogP contribution < -0.4 is 5.32 Å². The van der Waals surface area contributed by atoms with Crippen LogP contribution in [-0.4, -0.2) is 31.7 Å².